The van der Waals surface area contributed by atoms with Crippen molar-refractivity contribution in [1.82, 2.24) is 15.1 Å². The summed E-state index contributed by atoms with van der Waals surface area (Å²) >= 11 is 0. The zero-order valence-electron chi connectivity index (χ0n) is 14.8. The van der Waals surface area contributed by atoms with E-state index in [2.05, 4.69) is 25.7 Å². The standard InChI is InChI=1S/C18H15N7O3/c1-11-15(17(26)23-13-5-3-7-19-9-13)16(24-18(22-11)20-10-21-24)12-4-2-6-14(8-12)25(27)28/h2-10,16H,1H3,(H2,20,21,22,23,26)/p+1. The Labute approximate surface area is 159 Å². The zero-order chi connectivity index (χ0) is 19.7. The highest BCUT2D eigenvalue weighted by Crippen LogP contribution is 2.31. The predicted octanol–water partition coefficient (Wildman–Crippen LogP) is 1.93. The number of fused-ring (bicyclic) bond motifs is 1. The Balaban J connectivity index is 1.80. The molecule has 28 heavy (non-hydrogen) atoms. The van der Waals surface area contributed by atoms with Crippen molar-refractivity contribution in [2.75, 3.05) is 10.6 Å². The third-order valence-electron chi connectivity index (χ3n) is 4.41. The van der Waals surface area contributed by atoms with Gasteiger partial charge in [0, 0.05) is 23.9 Å². The maximum Gasteiger partial charge on any atom is 0.416 e. The molecule has 1 aromatic carbocycles. The van der Waals surface area contributed by atoms with E-state index in [1.807, 2.05) is 0 Å². The molecule has 0 fully saturated rings. The Kier molecular flexibility index (Phi) is 4.28. The first kappa shape index (κ1) is 17.3. The first-order valence-electron chi connectivity index (χ1n) is 8.43. The van der Waals surface area contributed by atoms with Crippen LogP contribution in [0.2, 0.25) is 0 Å². The van der Waals surface area contributed by atoms with Gasteiger partial charge >= 0.3 is 5.95 Å². The van der Waals surface area contributed by atoms with Gasteiger partial charge in [-0.05, 0) is 19.1 Å². The van der Waals surface area contributed by atoms with E-state index in [0.29, 0.717) is 28.5 Å². The number of nitrogens with one attached hydrogen (secondary N) is 3. The third-order valence-corrected chi connectivity index (χ3v) is 4.41. The number of hydrogen-bond acceptors (Lipinski definition) is 6. The second kappa shape index (κ2) is 6.91. The van der Waals surface area contributed by atoms with Crippen molar-refractivity contribution in [2.45, 2.75) is 13.0 Å². The fourth-order valence-electron chi connectivity index (χ4n) is 3.19. The number of nitro groups is 1. The molecule has 0 saturated heterocycles. The topological polar surface area (TPSA) is 130 Å². The molecule has 0 radical (unpaired) electrons. The Morgan fingerprint density at radius 3 is 2.93 bits per heavy atom. The van der Waals surface area contributed by atoms with E-state index < -0.39 is 11.0 Å². The number of nitro benzene ring substituents is 1. The van der Waals surface area contributed by atoms with Crippen LogP contribution < -0.4 is 15.3 Å². The van der Waals surface area contributed by atoms with Gasteiger partial charge in [0.25, 0.3) is 11.6 Å². The normalized spacial score (nSPS) is 15.5. The molecule has 1 amide bonds. The molecule has 1 atom stereocenters. The molecule has 10 nitrogen and oxygen atoms in total. The number of rotatable bonds is 4. The lowest BCUT2D eigenvalue weighted by Gasteiger charge is -2.23. The van der Waals surface area contributed by atoms with Crippen LogP contribution in [0, 0.1) is 10.1 Å². The van der Waals surface area contributed by atoms with E-state index in [4.69, 9.17) is 0 Å². The molecule has 3 N–H and O–H groups in total. The number of benzene rings is 1. The number of carbonyl (C=O) groups excluding carboxylic acids is 1. The van der Waals surface area contributed by atoms with Gasteiger partial charge in [-0.1, -0.05) is 17.1 Å². The van der Waals surface area contributed by atoms with Crippen molar-refractivity contribution in [2.24, 2.45) is 0 Å². The molecule has 0 saturated carbocycles. The Bertz CT molecular complexity index is 1090. The number of H-pyrrole nitrogens is 1. The van der Waals surface area contributed by atoms with Gasteiger partial charge in [0.15, 0.2) is 12.4 Å². The van der Waals surface area contributed by atoms with Crippen LogP contribution in [0.3, 0.4) is 0 Å². The van der Waals surface area contributed by atoms with Crippen molar-refractivity contribution in [1.29, 1.82) is 0 Å². The fourth-order valence-corrected chi connectivity index (χ4v) is 3.19. The van der Waals surface area contributed by atoms with Gasteiger partial charge in [-0.15, -0.1) is 4.68 Å². The molecule has 0 aliphatic carbocycles. The number of allylic oxidation sites excluding steroid dienone is 1. The number of anilines is 2. The SMILES string of the molecule is CC1=C(C(=O)Nc2cccnc2)C(c2cccc([N+](=O)[O-])c2)[n+]2[nH]cnc2N1. The number of nitrogens with zero attached hydrogens (tertiary/aromatic N) is 4. The lowest BCUT2D eigenvalue weighted by molar-refractivity contribution is -0.746. The number of amides is 1. The molecule has 1 aliphatic rings. The van der Waals surface area contributed by atoms with Crippen molar-refractivity contribution >= 4 is 23.2 Å². The van der Waals surface area contributed by atoms with Crippen LogP contribution >= 0.6 is 0 Å². The van der Waals surface area contributed by atoms with Crippen LogP contribution in [0.5, 0.6) is 0 Å². The monoisotopic (exact) mass is 378 g/mol. The number of pyridine rings is 1. The molecule has 1 aliphatic heterocycles. The Morgan fingerprint density at radius 2 is 2.18 bits per heavy atom. The van der Waals surface area contributed by atoms with E-state index in [0.717, 1.165) is 0 Å². The quantitative estimate of drug-likeness (QED) is 0.361. The average Bonchev–Trinajstić information content (AvgIpc) is 3.15. The fraction of sp³-hybridized carbons (Fsp3) is 0.111. The lowest BCUT2D eigenvalue weighted by Crippen LogP contribution is -2.50. The summed E-state index contributed by atoms with van der Waals surface area (Å²) in [6.07, 6.45) is 4.64. The molecular weight excluding hydrogens is 362 g/mol. The van der Waals surface area contributed by atoms with E-state index >= 15 is 0 Å². The summed E-state index contributed by atoms with van der Waals surface area (Å²) in [7, 11) is 0. The first-order valence-corrected chi connectivity index (χ1v) is 8.43. The predicted molar refractivity (Wildman–Crippen MR) is 99.2 cm³/mol. The summed E-state index contributed by atoms with van der Waals surface area (Å²) in [6, 6.07) is 9.04. The average molecular weight is 378 g/mol. The van der Waals surface area contributed by atoms with Crippen LogP contribution in [0.4, 0.5) is 17.3 Å². The van der Waals surface area contributed by atoms with E-state index in [-0.39, 0.29) is 11.6 Å². The van der Waals surface area contributed by atoms with Gasteiger partial charge in [-0.3, -0.25) is 19.9 Å². The molecule has 1 unspecified atom stereocenters. The highest BCUT2D eigenvalue weighted by Gasteiger charge is 2.38. The zero-order valence-corrected chi connectivity index (χ0v) is 14.8. The number of carbonyl (C=O) groups is 1. The minimum Gasteiger partial charge on any atom is -0.321 e. The molecule has 3 heterocycles. The summed E-state index contributed by atoms with van der Waals surface area (Å²) in [5.41, 5.74) is 2.09. The number of aromatic amines is 1. The van der Waals surface area contributed by atoms with Crippen LogP contribution in [-0.2, 0) is 4.79 Å². The van der Waals surface area contributed by atoms with Gasteiger partial charge in [0.2, 0.25) is 0 Å². The van der Waals surface area contributed by atoms with Gasteiger partial charge in [0.05, 0.1) is 28.1 Å². The molecule has 0 bridgehead atoms. The number of aromatic nitrogens is 4. The Hall–Kier alpha value is -4.08. The van der Waals surface area contributed by atoms with Crippen molar-refractivity contribution in [3.8, 4) is 0 Å². The summed E-state index contributed by atoms with van der Waals surface area (Å²) < 4.78 is 1.66. The number of hydrogen-bond donors (Lipinski definition) is 3. The largest absolute Gasteiger partial charge is 0.416 e. The van der Waals surface area contributed by atoms with Gasteiger partial charge in [0.1, 0.15) is 0 Å². The van der Waals surface area contributed by atoms with E-state index in [1.165, 1.54) is 18.5 Å². The maximum absolute atomic E-state index is 13.1. The second-order valence-electron chi connectivity index (χ2n) is 6.20. The lowest BCUT2D eigenvalue weighted by atomic mass is 9.94. The van der Waals surface area contributed by atoms with Crippen molar-refractivity contribution in [3.63, 3.8) is 0 Å². The molecule has 2 aromatic heterocycles. The summed E-state index contributed by atoms with van der Waals surface area (Å²) in [5.74, 6) is 0.161. The molecule has 0 spiro atoms. The highest BCUT2D eigenvalue weighted by atomic mass is 16.6. The first-order chi connectivity index (χ1) is 13.5. The van der Waals surface area contributed by atoms with Crippen LogP contribution in [0.1, 0.15) is 18.5 Å². The van der Waals surface area contributed by atoms with Crippen molar-refractivity contribution in [3.05, 3.63) is 82.1 Å². The molecule has 4 rings (SSSR count). The van der Waals surface area contributed by atoms with Crippen molar-refractivity contribution < 1.29 is 14.4 Å². The Morgan fingerprint density at radius 1 is 1.32 bits per heavy atom. The summed E-state index contributed by atoms with van der Waals surface area (Å²) in [4.78, 5) is 32.1. The van der Waals surface area contributed by atoms with Gasteiger partial charge in [-0.25, -0.2) is 10.4 Å². The third kappa shape index (κ3) is 3.07. The molecular formula is C18H16N7O3+. The van der Waals surface area contributed by atoms with E-state index in [9.17, 15) is 14.9 Å². The van der Waals surface area contributed by atoms with Gasteiger partial charge < -0.3 is 5.32 Å². The molecule has 3 aromatic rings. The minimum absolute atomic E-state index is 0.0534. The minimum atomic E-state index is -0.615. The molecule has 140 valence electrons. The summed E-state index contributed by atoms with van der Waals surface area (Å²) in [5, 5.41) is 20.1. The van der Waals surface area contributed by atoms with Crippen LogP contribution in [-0.4, -0.2) is 25.9 Å². The van der Waals surface area contributed by atoms with Crippen LogP contribution in [0.25, 0.3) is 0 Å². The van der Waals surface area contributed by atoms with E-state index in [1.54, 1.807) is 48.3 Å². The number of non-ortho nitro benzene ring substituents is 1. The highest BCUT2D eigenvalue weighted by molar-refractivity contribution is 6.05. The van der Waals surface area contributed by atoms with Gasteiger partial charge in [-0.2, -0.15) is 0 Å². The molecule has 10 heteroatoms. The van der Waals surface area contributed by atoms with Crippen LogP contribution in [0.15, 0.2) is 66.4 Å². The second-order valence-corrected chi connectivity index (χ2v) is 6.20. The maximum atomic E-state index is 13.1. The summed E-state index contributed by atoms with van der Waals surface area (Å²) in [6.45, 7) is 1.76. The smallest absolute Gasteiger partial charge is 0.321 e.